The van der Waals surface area contributed by atoms with E-state index in [0.29, 0.717) is 0 Å². The third-order valence-corrected chi connectivity index (χ3v) is 4.61. The van der Waals surface area contributed by atoms with Crippen molar-refractivity contribution in [2.75, 3.05) is 5.75 Å². The smallest absolute Gasteiger partial charge is 1.00 e. The number of hydrogen-bond donors (Lipinski definition) is 0. The van der Waals surface area contributed by atoms with Gasteiger partial charge >= 0.3 is 29.6 Å². The molecular formula is C18H31NaS. The van der Waals surface area contributed by atoms with Crippen molar-refractivity contribution >= 4 is 11.8 Å². The van der Waals surface area contributed by atoms with E-state index in [0.717, 1.165) is 0 Å². The van der Waals surface area contributed by atoms with Gasteiger partial charge in [0.05, 0.1) is 0 Å². The van der Waals surface area contributed by atoms with Crippen LogP contribution in [0.25, 0.3) is 0 Å². The second-order valence-corrected chi connectivity index (χ2v) is 6.51. The fourth-order valence-electron chi connectivity index (χ4n) is 2.30. The Morgan fingerprint density at radius 2 is 1.25 bits per heavy atom. The summed E-state index contributed by atoms with van der Waals surface area (Å²) in [6, 6.07) is 10.8. The van der Waals surface area contributed by atoms with Gasteiger partial charge in [0, 0.05) is 4.90 Å². The van der Waals surface area contributed by atoms with Crippen molar-refractivity contribution in [2.45, 2.75) is 76.0 Å². The molecule has 0 amide bonds. The second kappa shape index (κ2) is 15.9. The summed E-state index contributed by atoms with van der Waals surface area (Å²) in [5.41, 5.74) is 0. The Hall–Kier alpha value is 0.570. The summed E-state index contributed by atoms with van der Waals surface area (Å²) in [6.45, 7) is 2.29. The van der Waals surface area contributed by atoms with Crippen LogP contribution < -0.4 is 29.6 Å². The fraction of sp³-hybridized carbons (Fsp3) is 0.667. The first-order valence-electron chi connectivity index (χ1n) is 8.11. The SMILES string of the molecule is CCCCCCCCCCCCSc1ccccc1.[H-].[Na+]. The summed E-state index contributed by atoms with van der Waals surface area (Å²) >= 11 is 2.00. The van der Waals surface area contributed by atoms with E-state index in [1.165, 1.54) is 74.9 Å². The van der Waals surface area contributed by atoms with Gasteiger partial charge in [0.2, 0.25) is 0 Å². The number of rotatable bonds is 12. The molecule has 0 saturated carbocycles. The van der Waals surface area contributed by atoms with Crippen molar-refractivity contribution in [1.29, 1.82) is 0 Å². The van der Waals surface area contributed by atoms with Crippen molar-refractivity contribution in [3.8, 4) is 0 Å². The molecule has 1 aromatic rings. The summed E-state index contributed by atoms with van der Waals surface area (Å²) < 4.78 is 0. The van der Waals surface area contributed by atoms with Gasteiger partial charge in [-0.25, -0.2) is 0 Å². The number of hydrogen-bond acceptors (Lipinski definition) is 1. The van der Waals surface area contributed by atoms with E-state index in [4.69, 9.17) is 0 Å². The molecule has 0 bridgehead atoms. The Balaban J connectivity index is 0. The van der Waals surface area contributed by atoms with E-state index in [1.807, 2.05) is 11.8 Å². The van der Waals surface area contributed by atoms with Gasteiger partial charge in [-0.3, -0.25) is 0 Å². The standard InChI is InChI=1S/C18H30S.Na.H/c1-2-3-4-5-6-7-8-9-10-14-17-19-18-15-12-11-13-16-18;;/h11-13,15-16H,2-10,14,17H2,1H3;;/q;+1;-1. The van der Waals surface area contributed by atoms with Crippen LogP contribution in [0.4, 0.5) is 0 Å². The van der Waals surface area contributed by atoms with E-state index >= 15 is 0 Å². The van der Waals surface area contributed by atoms with Gasteiger partial charge in [-0.15, -0.1) is 11.8 Å². The van der Waals surface area contributed by atoms with Crippen LogP contribution in [0.2, 0.25) is 0 Å². The molecule has 2 heteroatoms. The van der Waals surface area contributed by atoms with E-state index in [1.54, 1.807) is 0 Å². The normalized spacial score (nSPS) is 10.2. The van der Waals surface area contributed by atoms with Crippen LogP contribution in [-0.4, -0.2) is 5.75 Å². The van der Waals surface area contributed by atoms with Gasteiger partial charge < -0.3 is 1.43 Å². The van der Waals surface area contributed by atoms with E-state index in [2.05, 4.69) is 37.3 Å². The van der Waals surface area contributed by atoms with Crippen LogP contribution in [0.5, 0.6) is 0 Å². The monoisotopic (exact) mass is 302 g/mol. The van der Waals surface area contributed by atoms with Crippen molar-refractivity contribution in [1.82, 2.24) is 0 Å². The molecule has 0 aliphatic heterocycles. The molecule has 0 fully saturated rings. The summed E-state index contributed by atoms with van der Waals surface area (Å²) in [4.78, 5) is 1.42. The molecule has 20 heavy (non-hydrogen) atoms. The first-order valence-corrected chi connectivity index (χ1v) is 9.10. The molecule has 0 N–H and O–H groups in total. The molecule has 0 spiro atoms. The Morgan fingerprint density at radius 3 is 1.80 bits per heavy atom. The summed E-state index contributed by atoms with van der Waals surface area (Å²) in [6.07, 6.45) is 14.3. The maximum absolute atomic E-state index is 2.29. The van der Waals surface area contributed by atoms with Crippen molar-refractivity contribution in [3.63, 3.8) is 0 Å². The summed E-state index contributed by atoms with van der Waals surface area (Å²) in [5.74, 6) is 1.28. The quantitative estimate of drug-likeness (QED) is 0.321. The first-order chi connectivity index (χ1) is 9.43. The summed E-state index contributed by atoms with van der Waals surface area (Å²) in [5, 5.41) is 0. The average Bonchev–Trinajstić information content (AvgIpc) is 2.46. The zero-order valence-electron chi connectivity index (χ0n) is 14.6. The van der Waals surface area contributed by atoms with E-state index < -0.39 is 0 Å². The van der Waals surface area contributed by atoms with Crippen molar-refractivity contribution in [3.05, 3.63) is 30.3 Å². The Morgan fingerprint density at radius 1 is 0.750 bits per heavy atom. The van der Waals surface area contributed by atoms with Gasteiger partial charge in [0.25, 0.3) is 0 Å². The third kappa shape index (κ3) is 12.3. The molecule has 110 valence electrons. The maximum Gasteiger partial charge on any atom is 1.00 e. The molecular weight excluding hydrogens is 271 g/mol. The first kappa shape index (κ1) is 20.6. The zero-order valence-corrected chi connectivity index (χ0v) is 16.4. The van der Waals surface area contributed by atoms with Crippen LogP contribution in [0.1, 0.15) is 72.6 Å². The molecule has 0 aliphatic carbocycles. The van der Waals surface area contributed by atoms with Crippen LogP contribution >= 0.6 is 11.8 Å². The number of benzene rings is 1. The maximum atomic E-state index is 2.29. The Bertz CT molecular complexity index is 293. The minimum atomic E-state index is 0. The molecule has 0 atom stereocenters. The Labute approximate surface area is 154 Å². The molecule has 0 radical (unpaired) electrons. The molecule has 0 heterocycles. The third-order valence-electron chi connectivity index (χ3n) is 3.51. The number of thioether (sulfide) groups is 1. The van der Waals surface area contributed by atoms with Crippen LogP contribution in [-0.2, 0) is 0 Å². The van der Waals surface area contributed by atoms with Gasteiger partial charge in [0.15, 0.2) is 0 Å². The van der Waals surface area contributed by atoms with E-state index in [9.17, 15) is 0 Å². The zero-order chi connectivity index (χ0) is 13.6. The molecule has 1 rings (SSSR count). The average molecular weight is 303 g/mol. The Kier molecular flexibility index (Phi) is 16.4. The minimum Gasteiger partial charge on any atom is -1.00 e. The van der Waals surface area contributed by atoms with Gasteiger partial charge in [-0.05, 0) is 24.3 Å². The van der Waals surface area contributed by atoms with Gasteiger partial charge in [-0.1, -0.05) is 82.9 Å². The predicted molar refractivity (Wildman–Crippen MR) is 90.1 cm³/mol. The van der Waals surface area contributed by atoms with Gasteiger partial charge in [-0.2, -0.15) is 0 Å². The summed E-state index contributed by atoms with van der Waals surface area (Å²) in [7, 11) is 0. The molecule has 0 aliphatic rings. The van der Waals surface area contributed by atoms with Crippen LogP contribution in [0.15, 0.2) is 35.2 Å². The molecule has 1 aromatic carbocycles. The topological polar surface area (TPSA) is 0 Å². The second-order valence-electron chi connectivity index (χ2n) is 5.34. The largest absolute Gasteiger partial charge is 1.00 e. The van der Waals surface area contributed by atoms with Gasteiger partial charge in [0.1, 0.15) is 0 Å². The van der Waals surface area contributed by atoms with E-state index in [-0.39, 0.29) is 31.0 Å². The number of unbranched alkanes of at least 4 members (excludes halogenated alkanes) is 9. The van der Waals surface area contributed by atoms with Crippen LogP contribution in [0.3, 0.4) is 0 Å². The molecule has 0 saturated heterocycles. The molecule has 0 aromatic heterocycles. The minimum absolute atomic E-state index is 0. The predicted octanol–water partition coefficient (Wildman–Crippen LogP) is 3.82. The van der Waals surface area contributed by atoms with Crippen LogP contribution in [0, 0.1) is 0 Å². The van der Waals surface area contributed by atoms with Crippen molar-refractivity contribution < 1.29 is 31.0 Å². The molecule has 0 unspecified atom stereocenters. The fourth-order valence-corrected chi connectivity index (χ4v) is 3.23. The molecule has 0 nitrogen and oxygen atoms in total. The van der Waals surface area contributed by atoms with Crippen molar-refractivity contribution in [2.24, 2.45) is 0 Å².